The predicted octanol–water partition coefficient (Wildman–Crippen LogP) is 6.33. The fourth-order valence-electron chi connectivity index (χ4n) is 6.28. The molecule has 216 valence electrons. The fourth-order valence-corrected chi connectivity index (χ4v) is 6.53. The van der Waals surface area contributed by atoms with Gasteiger partial charge in [-0.25, -0.2) is 14.3 Å². The van der Waals surface area contributed by atoms with E-state index in [-0.39, 0.29) is 17.6 Å². The molecule has 2 aliphatic rings. The van der Waals surface area contributed by atoms with Crippen molar-refractivity contribution in [3.63, 3.8) is 0 Å². The van der Waals surface area contributed by atoms with Gasteiger partial charge in [-0.1, -0.05) is 74.5 Å². The third-order valence-corrected chi connectivity index (χ3v) is 8.90. The number of para-hydroxylation sites is 1. The van der Waals surface area contributed by atoms with Gasteiger partial charge in [0.05, 0.1) is 21.8 Å². The van der Waals surface area contributed by atoms with Crippen LogP contribution in [0.1, 0.15) is 56.2 Å². The lowest BCUT2D eigenvalue weighted by Crippen LogP contribution is -2.54. The molecule has 1 saturated heterocycles. The summed E-state index contributed by atoms with van der Waals surface area (Å²) in [4.78, 5) is 40.3. The van der Waals surface area contributed by atoms with Crippen LogP contribution >= 0.6 is 11.6 Å². The number of anilines is 1. The Balaban J connectivity index is 1.62. The minimum atomic E-state index is -0.374. The van der Waals surface area contributed by atoms with E-state index in [1.165, 1.54) is 11.6 Å². The number of aryl methyl sites for hydroxylation is 2. The number of fused-ring (bicyclic) bond motifs is 1. The molecule has 1 atom stereocenters. The number of benzene rings is 2. The summed E-state index contributed by atoms with van der Waals surface area (Å²) in [6.45, 7) is 11.4. The maximum Gasteiger partial charge on any atom is 0.355 e. The molecule has 1 amide bonds. The molecule has 0 N–H and O–H groups in total. The Hall–Kier alpha value is -3.97. The highest BCUT2D eigenvalue weighted by Crippen LogP contribution is 2.45. The molecule has 1 aliphatic carbocycles. The zero-order chi connectivity index (χ0) is 29.5. The van der Waals surface area contributed by atoms with Crippen molar-refractivity contribution in [3.8, 4) is 16.9 Å². The standard InChI is InChI=1S/C34H36ClN5O2/c1-5-22-11-10-12-23(6-2)31(22)40-33-27(19-28(35)30(36-33)26-14-9-8-13-25(26)24-15-16-24)32(37-34(40)42)39-18-17-38(20-21(39)4)29(41)7-3/h7-14,19,21,24H,3,5-6,15-18,20H2,1-2,4H3/t21-/m0/s1. The molecule has 1 saturated carbocycles. The SMILES string of the molecule is C=CC(=O)N1CCN(c2nc(=O)n(-c3c(CC)cccc3CC)c3nc(-c4ccccc4C4CC4)c(Cl)cc23)[C@@H](C)C1. The number of carbonyl (C=O) groups is 1. The molecule has 1 aliphatic heterocycles. The van der Waals surface area contributed by atoms with Gasteiger partial charge in [0.1, 0.15) is 5.82 Å². The lowest BCUT2D eigenvalue weighted by atomic mass is 9.99. The lowest BCUT2D eigenvalue weighted by molar-refractivity contribution is -0.126. The summed E-state index contributed by atoms with van der Waals surface area (Å²) in [6.07, 6.45) is 5.19. The first-order valence-corrected chi connectivity index (χ1v) is 15.3. The third kappa shape index (κ3) is 4.90. The molecule has 0 unspecified atom stereocenters. The molecule has 2 aromatic heterocycles. The Morgan fingerprint density at radius 3 is 2.40 bits per heavy atom. The van der Waals surface area contributed by atoms with E-state index in [1.807, 2.05) is 25.1 Å². The van der Waals surface area contributed by atoms with E-state index in [1.54, 1.807) is 9.47 Å². The Bertz CT molecular complexity index is 1740. The van der Waals surface area contributed by atoms with Crippen LogP contribution in [0.25, 0.3) is 28.0 Å². The second kappa shape index (κ2) is 11.4. The van der Waals surface area contributed by atoms with Crippen LogP contribution in [0.2, 0.25) is 5.02 Å². The fraction of sp³-hybridized carbons (Fsp3) is 0.353. The van der Waals surface area contributed by atoms with Crippen LogP contribution in [-0.2, 0) is 17.6 Å². The van der Waals surface area contributed by atoms with Crippen LogP contribution in [0.3, 0.4) is 0 Å². The van der Waals surface area contributed by atoms with Gasteiger partial charge in [-0.3, -0.25) is 4.79 Å². The monoisotopic (exact) mass is 581 g/mol. The molecule has 7 nitrogen and oxygen atoms in total. The van der Waals surface area contributed by atoms with Gasteiger partial charge in [-0.15, -0.1) is 0 Å². The van der Waals surface area contributed by atoms with Crippen LogP contribution in [0, 0.1) is 0 Å². The first-order valence-electron chi connectivity index (χ1n) is 14.9. The smallest absolute Gasteiger partial charge is 0.350 e. The number of carbonyl (C=O) groups excluding carboxylic acids is 1. The number of piperazine rings is 1. The number of rotatable bonds is 7. The summed E-state index contributed by atoms with van der Waals surface area (Å²) >= 11 is 7.06. The number of hydrogen-bond acceptors (Lipinski definition) is 5. The van der Waals surface area contributed by atoms with Crippen molar-refractivity contribution < 1.29 is 4.79 Å². The minimum absolute atomic E-state index is 0.0724. The molecular weight excluding hydrogens is 546 g/mol. The first-order chi connectivity index (χ1) is 20.4. The Labute approximate surface area is 251 Å². The summed E-state index contributed by atoms with van der Waals surface area (Å²) in [6, 6.07) is 16.3. The van der Waals surface area contributed by atoms with Gasteiger partial charge in [0.25, 0.3) is 0 Å². The van der Waals surface area contributed by atoms with Gasteiger partial charge < -0.3 is 9.80 Å². The van der Waals surface area contributed by atoms with Gasteiger partial charge in [-0.2, -0.15) is 4.98 Å². The summed E-state index contributed by atoms with van der Waals surface area (Å²) in [5, 5.41) is 1.24. The average molecular weight is 582 g/mol. The number of amides is 1. The van der Waals surface area contributed by atoms with Crippen molar-refractivity contribution in [1.29, 1.82) is 0 Å². The second-order valence-electron chi connectivity index (χ2n) is 11.3. The van der Waals surface area contributed by atoms with E-state index in [4.69, 9.17) is 21.6 Å². The topological polar surface area (TPSA) is 71.3 Å². The highest BCUT2D eigenvalue weighted by Gasteiger charge is 2.31. The van der Waals surface area contributed by atoms with Crippen molar-refractivity contribution in [2.75, 3.05) is 24.5 Å². The molecule has 8 heteroatoms. The van der Waals surface area contributed by atoms with Gasteiger partial charge in [0.2, 0.25) is 5.91 Å². The van der Waals surface area contributed by atoms with Crippen molar-refractivity contribution in [2.45, 2.75) is 58.4 Å². The van der Waals surface area contributed by atoms with E-state index >= 15 is 0 Å². The zero-order valence-corrected chi connectivity index (χ0v) is 25.2. The lowest BCUT2D eigenvalue weighted by Gasteiger charge is -2.40. The van der Waals surface area contributed by atoms with Crippen LogP contribution in [0.5, 0.6) is 0 Å². The molecule has 3 heterocycles. The first kappa shape index (κ1) is 28.2. The highest BCUT2D eigenvalue weighted by molar-refractivity contribution is 6.34. The zero-order valence-electron chi connectivity index (χ0n) is 24.4. The maximum absolute atomic E-state index is 14.2. The molecule has 6 rings (SSSR count). The van der Waals surface area contributed by atoms with Gasteiger partial charge in [0, 0.05) is 31.2 Å². The van der Waals surface area contributed by atoms with Crippen LogP contribution < -0.4 is 10.6 Å². The maximum atomic E-state index is 14.2. The molecule has 0 radical (unpaired) electrons. The Kier molecular flexibility index (Phi) is 7.62. The van der Waals surface area contributed by atoms with Crippen LogP contribution in [0.15, 0.2) is 66.0 Å². The number of aromatic nitrogens is 3. The van der Waals surface area contributed by atoms with E-state index in [0.29, 0.717) is 47.7 Å². The van der Waals surface area contributed by atoms with Crippen LogP contribution in [-0.4, -0.2) is 51.0 Å². The quantitative estimate of drug-likeness (QED) is 0.239. The van der Waals surface area contributed by atoms with Crippen LogP contribution in [0.4, 0.5) is 5.82 Å². The number of nitrogens with zero attached hydrogens (tertiary/aromatic N) is 5. The molecule has 2 fully saturated rings. The third-order valence-electron chi connectivity index (χ3n) is 8.61. The van der Waals surface area contributed by atoms with Crippen molar-refractivity contribution in [3.05, 3.63) is 93.4 Å². The molecule has 0 bridgehead atoms. The van der Waals surface area contributed by atoms with E-state index < -0.39 is 0 Å². The number of hydrogen-bond donors (Lipinski definition) is 0. The van der Waals surface area contributed by atoms with E-state index in [9.17, 15) is 9.59 Å². The van der Waals surface area contributed by atoms with E-state index in [0.717, 1.165) is 53.4 Å². The van der Waals surface area contributed by atoms with Crippen molar-refractivity contribution in [1.82, 2.24) is 19.4 Å². The van der Waals surface area contributed by atoms with Gasteiger partial charge in [-0.05, 0) is 67.4 Å². The normalized spacial score (nSPS) is 17.1. The summed E-state index contributed by atoms with van der Waals surface area (Å²) in [5.74, 6) is 0.961. The van der Waals surface area contributed by atoms with E-state index in [2.05, 4.69) is 55.7 Å². The Morgan fingerprint density at radius 1 is 1.05 bits per heavy atom. The largest absolute Gasteiger partial charge is 0.355 e. The van der Waals surface area contributed by atoms with Gasteiger partial charge >= 0.3 is 5.69 Å². The average Bonchev–Trinajstić information content (AvgIpc) is 3.86. The number of halogens is 1. The summed E-state index contributed by atoms with van der Waals surface area (Å²) in [5.41, 5.74) is 6.08. The van der Waals surface area contributed by atoms with Crippen molar-refractivity contribution in [2.24, 2.45) is 0 Å². The van der Waals surface area contributed by atoms with Gasteiger partial charge in [0.15, 0.2) is 5.65 Å². The molecule has 0 spiro atoms. The summed E-state index contributed by atoms with van der Waals surface area (Å²) < 4.78 is 1.69. The minimum Gasteiger partial charge on any atom is -0.350 e. The van der Waals surface area contributed by atoms with Crippen molar-refractivity contribution >= 4 is 34.4 Å². The second-order valence-corrected chi connectivity index (χ2v) is 11.7. The predicted molar refractivity (Wildman–Crippen MR) is 170 cm³/mol. The number of pyridine rings is 1. The Morgan fingerprint density at radius 2 is 1.76 bits per heavy atom. The molecular formula is C34H36ClN5O2. The molecule has 42 heavy (non-hydrogen) atoms. The highest BCUT2D eigenvalue weighted by atomic mass is 35.5. The molecule has 2 aromatic carbocycles. The molecule has 4 aromatic rings. The summed E-state index contributed by atoms with van der Waals surface area (Å²) in [7, 11) is 0.